The van der Waals surface area contributed by atoms with Crippen molar-refractivity contribution in [3.05, 3.63) is 83.3 Å². The third kappa shape index (κ3) is 7.22. The molecule has 0 aliphatic heterocycles. The molecule has 196 valence electrons. The molecule has 4 rings (SSSR count). The van der Waals surface area contributed by atoms with Gasteiger partial charge in [-0.05, 0) is 60.5 Å². The monoisotopic (exact) mass is 511 g/mol. The fourth-order valence-electron chi connectivity index (χ4n) is 4.14. The van der Waals surface area contributed by atoms with Gasteiger partial charge >= 0.3 is 6.18 Å². The second kappa shape index (κ2) is 12.1. The summed E-state index contributed by atoms with van der Waals surface area (Å²) in [5.41, 5.74) is 3.04. The maximum Gasteiger partial charge on any atom is 0.416 e. The quantitative estimate of drug-likeness (QED) is 0.219. The molecule has 3 aromatic heterocycles. The smallest absolute Gasteiger partial charge is 0.416 e. The van der Waals surface area contributed by atoms with Crippen LogP contribution >= 0.6 is 0 Å². The third-order valence-corrected chi connectivity index (χ3v) is 6.35. The number of pyridine rings is 2. The summed E-state index contributed by atoms with van der Waals surface area (Å²) >= 11 is 0. The Morgan fingerprint density at radius 3 is 2.41 bits per heavy atom. The number of benzene rings is 1. The number of anilines is 1. The Hall–Kier alpha value is -3.59. The van der Waals surface area contributed by atoms with Gasteiger partial charge < -0.3 is 19.9 Å². The highest BCUT2D eigenvalue weighted by Gasteiger charge is 2.29. The number of aromatic amines is 1. The number of H-pyrrole nitrogens is 1. The van der Waals surface area contributed by atoms with Gasteiger partial charge in [0.2, 0.25) is 0 Å². The summed E-state index contributed by atoms with van der Waals surface area (Å²) in [4.78, 5) is 14.6. The van der Waals surface area contributed by atoms with Crippen LogP contribution in [0.5, 0.6) is 5.75 Å². The summed E-state index contributed by atoms with van der Waals surface area (Å²) in [6, 6.07) is 11.0. The van der Waals surface area contributed by atoms with Gasteiger partial charge in [-0.2, -0.15) is 13.2 Å². The zero-order valence-electron chi connectivity index (χ0n) is 21.1. The van der Waals surface area contributed by atoms with Crippen LogP contribution in [0.2, 0.25) is 0 Å². The highest BCUT2D eigenvalue weighted by molar-refractivity contribution is 5.81. The van der Waals surface area contributed by atoms with E-state index < -0.39 is 11.7 Å². The molecule has 0 aliphatic rings. The van der Waals surface area contributed by atoms with Crippen LogP contribution in [0.15, 0.2) is 61.1 Å². The van der Waals surface area contributed by atoms with Crippen molar-refractivity contribution in [3.63, 3.8) is 0 Å². The van der Waals surface area contributed by atoms with Gasteiger partial charge in [-0.25, -0.2) is 9.97 Å². The van der Waals surface area contributed by atoms with E-state index in [2.05, 4.69) is 39.0 Å². The first kappa shape index (κ1) is 26.5. The number of halogens is 3. The van der Waals surface area contributed by atoms with Crippen LogP contribution in [0.3, 0.4) is 0 Å². The highest BCUT2D eigenvalue weighted by Crippen LogP contribution is 2.29. The lowest BCUT2D eigenvalue weighted by molar-refractivity contribution is -0.137. The molecule has 37 heavy (non-hydrogen) atoms. The lowest BCUT2D eigenvalue weighted by Crippen LogP contribution is -2.25. The van der Waals surface area contributed by atoms with Crippen molar-refractivity contribution >= 4 is 16.9 Å². The Balaban J connectivity index is 1.32. The maximum atomic E-state index is 12.7. The predicted octanol–water partition coefficient (Wildman–Crippen LogP) is 6.29. The van der Waals surface area contributed by atoms with E-state index in [0.29, 0.717) is 25.4 Å². The topological polar surface area (TPSA) is 66.1 Å². The molecule has 1 aromatic carbocycles. The number of aromatic nitrogens is 3. The second-order valence-corrected chi connectivity index (χ2v) is 8.89. The molecule has 0 radical (unpaired) electrons. The lowest BCUT2D eigenvalue weighted by atomic mass is 10.1. The Kier molecular flexibility index (Phi) is 8.66. The second-order valence-electron chi connectivity index (χ2n) is 8.89. The van der Waals surface area contributed by atoms with Crippen LogP contribution in [0.1, 0.15) is 42.5 Å². The van der Waals surface area contributed by atoms with Gasteiger partial charge in [-0.3, -0.25) is 0 Å². The Morgan fingerprint density at radius 2 is 1.73 bits per heavy atom. The zero-order chi connectivity index (χ0) is 26.3. The number of nitrogens with zero attached hydrogens (tertiary/aromatic N) is 3. The minimum absolute atomic E-state index is 0.385. The van der Waals surface area contributed by atoms with E-state index in [9.17, 15) is 13.2 Å². The van der Waals surface area contributed by atoms with Crippen LogP contribution in [0.25, 0.3) is 11.0 Å². The Labute approximate surface area is 214 Å². The molecule has 0 fully saturated rings. The lowest BCUT2D eigenvalue weighted by Gasteiger charge is -2.17. The van der Waals surface area contributed by atoms with Crippen LogP contribution < -0.4 is 10.1 Å². The molecule has 4 aromatic rings. The molecule has 0 spiro atoms. The van der Waals surface area contributed by atoms with Gasteiger partial charge in [0, 0.05) is 37.3 Å². The molecule has 0 saturated carbocycles. The van der Waals surface area contributed by atoms with E-state index in [-0.39, 0.29) is 0 Å². The first-order valence-corrected chi connectivity index (χ1v) is 12.5. The average molecular weight is 512 g/mol. The van der Waals surface area contributed by atoms with E-state index in [4.69, 9.17) is 4.74 Å². The summed E-state index contributed by atoms with van der Waals surface area (Å²) in [6.45, 7) is 8.46. The molecular weight excluding hydrogens is 479 g/mol. The molecule has 0 amide bonds. The summed E-state index contributed by atoms with van der Waals surface area (Å²) in [7, 11) is 0. The van der Waals surface area contributed by atoms with E-state index in [0.717, 1.165) is 71.7 Å². The first-order chi connectivity index (χ1) is 17.9. The number of hydrogen-bond acceptors (Lipinski definition) is 5. The minimum atomic E-state index is -4.33. The molecule has 0 aliphatic carbocycles. The molecular formula is C28H32F3N5O. The molecule has 0 atom stereocenters. The Morgan fingerprint density at radius 1 is 0.973 bits per heavy atom. The van der Waals surface area contributed by atoms with Crippen LogP contribution in [-0.4, -0.2) is 46.1 Å². The van der Waals surface area contributed by atoms with Crippen molar-refractivity contribution in [3.8, 4) is 5.75 Å². The highest BCUT2D eigenvalue weighted by atomic mass is 19.4. The van der Waals surface area contributed by atoms with Gasteiger partial charge in [0.05, 0.1) is 18.4 Å². The number of hydrogen-bond donors (Lipinski definition) is 2. The van der Waals surface area contributed by atoms with Crippen molar-refractivity contribution in [1.29, 1.82) is 0 Å². The molecule has 3 heterocycles. The number of alkyl halides is 3. The molecule has 6 nitrogen and oxygen atoms in total. The van der Waals surface area contributed by atoms with Crippen molar-refractivity contribution in [2.45, 2.75) is 39.4 Å². The molecule has 0 saturated heterocycles. The fourth-order valence-corrected chi connectivity index (χ4v) is 4.14. The zero-order valence-corrected chi connectivity index (χ0v) is 21.1. The number of nitrogens with one attached hydrogen (secondary N) is 2. The SMILES string of the molecule is CCN(CC)CCCOc1cnc2[nH]cc(Cc3ccc(NCc4ccc(C(F)(F)F)cc4)nc3)c2c1. The predicted molar refractivity (Wildman–Crippen MR) is 140 cm³/mol. The summed E-state index contributed by atoms with van der Waals surface area (Å²) in [5, 5.41) is 4.17. The third-order valence-electron chi connectivity index (χ3n) is 6.35. The fraction of sp³-hybridized carbons (Fsp3) is 0.357. The first-order valence-electron chi connectivity index (χ1n) is 12.5. The summed E-state index contributed by atoms with van der Waals surface area (Å²) < 4.78 is 44.1. The van der Waals surface area contributed by atoms with E-state index >= 15 is 0 Å². The van der Waals surface area contributed by atoms with E-state index in [1.165, 1.54) is 12.1 Å². The number of ether oxygens (including phenoxy) is 1. The number of fused-ring (bicyclic) bond motifs is 1. The van der Waals surface area contributed by atoms with E-state index in [1.54, 1.807) is 12.4 Å². The summed E-state index contributed by atoms with van der Waals surface area (Å²) in [5.74, 6) is 1.42. The average Bonchev–Trinajstić information content (AvgIpc) is 3.30. The van der Waals surface area contributed by atoms with Gasteiger partial charge in [-0.15, -0.1) is 0 Å². The molecule has 9 heteroatoms. The van der Waals surface area contributed by atoms with Gasteiger partial charge in [0.1, 0.15) is 17.2 Å². The van der Waals surface area contributed by atoms with Crippen LogP contribution in [0, 0.1) is 0 Å². The van der Waals surface area contributed by atoms with Crippen molar-refractivity contribution < 1.29 is 17.9 Å². The minimum Gasteiger partial charge on any atom is -0.492 e. The van der Waals surface area contributed by atoms with Crippen molar-refractivity contribution in [1.82, 2.24) is 19.9 Å². The van der Waals surface area contributed by atoms with Crippen LogP contribution in [-0.2, 0) is 19.1 Å². The maximum absolute atomic E-state index is 12.7. The van der Waals surface area contributed by atoms with Gasteiger partial charge in [0.15, 0.2) is 0 Å². The van der Waals surface area contributed by atoms with E-state index in [1.807, 2.05) is 24.4 Å². The van der Waals surface area contributed by atoms with Crippen molar-refractivity contribution in [2.75, 3.05) is 31.6 Å². The molecule has 2 N–H and O–H groups in total. The van der Waals surface area contributed by atoms with Crippen LogP contribution in [0.4, 0.5) is 19.0 Å². The largest absolute Gasteiger partial charge is 0.492 e. The standard InChI is InChI=1S/C28H32F3N5O/c1-3-36(4-2)12-5-13-37-24-15-25-22(18-34-27(25)35-19-24)14-21-8-11-26(33-17-21)32-16-20-6-9-23(10-7-20)28(29,30)31/h6-11,15,17-19H,3-5,12-14,16H2,1-2H3,(H,32,33)(H,34,35). The molecule has 0 unspecified atom stereocenters. The van der Waals surface area contributed by atoms with Gasteiger partial charge in [-0.1, -0.05) is 32.0 Å². The summed E-state index contributed by atoms with van der Waals surface area (Å²) in [6.07, 6.45) is 2.82. The van der Waals surface area contributed by atoms with Gasteiger partial charge in [0.25, 0.3) is 0 Å². The van der Waals surface area contributed by atoms with Crippen molar-refractivity contribution in [2.24, 2.45) is 0 Å². The number of rotatable bonds is 12. The Bertz CT molecular complexity index is 1270. The normalized spacial score (nSPS) is 11.8. The molecule has 0 bridgehead atoms.